The molecule has 182 valence electrons. The number of amides is 1. The summed E-state index contributed by atoms with van der Waals surface area (Å²) in [6.07, 6.45) is 3.02. The molecule has 1 fully saturated rings. The van der Waals surface area contributed by atoms with Crippen molar-refractivity contribution in [3.8, 4) is 28.6 Å². The molecule has 2 aromatic heterocycles. The molecule has 0 spiro atoms. The Kier molecular flexibility index (Phi) is 8.51. The van der Waals surface area contributed by atoms with Crippen molar-refractivity contribution in [3.63, 3.8) is 0 Å². The van der Waals surface area contributed by atoms with Crippen molar-refractivity contribution in [2.75, 3.05) is 33.4 Å². The van der Waals surface area contributed by atoms with Gasteiger partial charge < -0.3 is 23.8 Å². The Balaban J connectivity index is 0.00000324. The monoisotopic (exact) mass is 486 g/mol. The average molecular weight is 487 g/mol. The number of methoxy groups -OCH3 is 1. The summed E-state index contributed by atoms with van der Waals surface area (Å²) in [7, 11) is 1.61. The van der Waals surface area contributed by atoms with Crippen LogP contribution in [0.4, 0.5) is 0 Å². The maximum absolute atomic E-state index is 11.7. The second-order valence-corrected chi connectivity index (χ2v) is 8.04. The first-order chi connectivity index (χ1) is 15.9. The molecule has 1 aliphatic rings. The molecule has 0 aliphatic carbocycles. The molecule has 0 N–H and O–H groups in total. The summed E-state index contributed by atoms with van der Waals surface area (Å²) in [5.74, 6) is 1.67. The molecular weight excluding hydrogens is 456 g/mol. The van der Waals surface area contributed by atoms with E-state index in [9.17, 15) is 4.79 Å². The number of pyridine rings is 1. The average Bonchev–Trinajstić information content (AvgIpc) is 2.82. The zero-order valence-corrected chi connectivity index (χ0v) is 20.8. The highest BCUT2D eigenvalue weighted by atomic mass is 32.1. The Morgan fingerprint density at radius 2 is 2.00 bits per heavy atom. The Labute approximate surface area is 205 Å². The second kappa shape index (κ2) is 11.3. The number of hydrogen-bond acceptors (Lipinski definition) is 8. The standard InChI is InChI=1S/C24H28N4O5.H2S/c1-15(2)33-21-6-5-17(11-22(21)30-4)19-12-20-23(26-8-7-25-20)24(27-19)32-14-18-13-28(16(3)29)9-10-31-18;/h5-8,11-12,15,18H,9-10,13-14H2,1-4H3;1H2/t18-;/m0./s1. The molecule has 1 saturated heterocycles. The van der Waals surface area contributed by atoms with E-state index in [2.05, 4.69) is 9.97 Å². The topological polar surface area (TPSA) is 95.9 Å². The molecule has 1 aliphatic heterocycles. The zero-order valence-electron chi connectivity index (χ0n) is 19.8. The molecular formula is C24H30N4O5S. The summed E-state index contributed by atoms with van der Waals surface area (Å²) < 4.78 is 23.2. The number of fused-ring (bicyclic) bond motifs is 1. The van der Waals surface area contributed by atoms with Crippen molar-refractivity contribution < 1.29 is 23.7 Å². The van der Waals surface area contributed by atoms with Crippen LogP contribution < -0.4 is 14.2 Å². The normalized spacial score (nSPS) is 15.7. The van der Waals surface area contributed by atoms with Crippen molar-refractivity contribution in [2.24, 2.45) is 0 Å². The number of benzene rings is 1. The molecule has 10 heteroatoms. The van der Waals surface area contributed by atoms with Crippen LogP contribution in [-0.2, 0) is 9.53 Å². The Hall–Kier alpha value is -3.11. The maximum Gasteiger partial charge on any atom is 0.242 e. The van der Waals surface area contributed by atoms with E-state index in [1.165, 1.54) is 0 Å². The molecule has 4 rings (SSSR count). The Morgan fingerprint density at radius 3 is 2.74 bits per heavy atom. The molecule has 9 nitrogen and oxygen atoms in total. The predicted octanol–water partition coefficient (Wildman–Crippen LogP) is 3.23. The van der Waals surface area contributed by atoms with Crippen LogP contribution in [0, 0.1) is 0 Å². The number of rotatable bonds is 7. The number of aromatic nitrogens is 3. The van der Waals surface area contributed by atoms with E-state index < -0.39 is 0 Å². The lowest BCUT2D eigenvalue weighted by Crippen LogP contribution is -2.46. The van der Waals surface area contributed by atoms with Crippen LogP contribution in [-0.4, -0.2) is 71.4 Å². The first-order valence-corrected chi connectivity index (χ1v) is 10.9. The Bertz CT molecular complexity index is 1140. The van der Waals surface area contributed by atoms with E-state index in [4.69, 9.17) is 23.9 Å². The minimum absolute atomic E-state index is 0. The molecule has 34 heavy (non-hydrogen) atoms. The third-order valence-corrected chi connectivity index (χ3v) is 5.24. The van der Waals surface area contributed by atoms with Crippen LogP contribution >= 0.6 is 13.5 Å². The number of carbonyl (C=O) groups is 1. The van der Waals surface area contributed by atoms with Gasteiger partial charge in [-0.05, 0) is 38.1 Å². The van der Waals surface area contributed by atoms with Gasteiger partial charge in [0.05, 0.1) is 37.6 Å². The lowest BCUT2D eigenvalue weighted by atomic mass is 10.1. The first-order valence-electron chi connectivity index (χ1n) is 10.9. The maximum atomic E-state index is 11.7. The lowest BCUT2D eigenvalue weighted by Gasteiger charge is -2.32. The van der Waals surface area contributed by atoms with Crippen LogP contribution in [0.5, 0.6) is 17.4 Å². The van der Waals surface area contributed by atoms with Gasteiger partial charge in [0.15, 0.2) is 17.0 Å². The summed E-state index contributed by atoms with van der Waals surface area (Å²) in [5.41, 5.74) is 2.72. The van der Waals surface area contributed by atoms with Gasteiger partial charge in [0, 0.05) is 31.4 Å². The number of nitrogens with zero attached hydrogens (tertiary/aromatic N) is 4. The van der Waals surface area contributed by atoms with Crippen molar-refractivity contribution in [3.05, 3.63) is 36.7 Å². The first kappa shape index (κ1) is 25.5. The molecule has 3 aromatic rings. The van der Waals surface area contributed by atoms with Gasteiger partial charge in [-0.1, -0.05) is 0 Å². The van der Waals surface area contributed by atoms with E-state index >= 15 is 0 Å². The summed E-state index contributed by atoms with van der Waals surface area (Å²) in [5, 5.41) is 0. The third-order valence-electron chi connectivity index (χ3n) is 5.24. The minimum Gasteiger partial charge on any atom is -0.493 e. The van der Waals surface area contributed by atoms with E-state index in [-0.39, 0.29) is 38.2 Å². The molecule has 1 amide bonds. The quantitative estimate of drug-likeness (QED) is 0.502. The molecule has 0 unspecified atom stereocenters. The SMILES string of the molecule is COc1cc(-c2cc3nccnc3c(OC[C@@H]3CN(C(C)=O)CCO3)n2)ccc1OC(C)C.S. The van der Waals surface area contributed by atoms with Crippen molar-refractivity contribution in [1.82, 2.24) is 19.9 Å². The minimum atomic E-state index is -0.243. The summed E-state index contributed by atoms with van der Waals surface area (Å²) in [6.45, 7) is 7.28. The highest BCUT2D eigenvalue weighted by molar-refractivity contribution is 7.59. The molecule has 3 heterocycles. The number of morpholine rings is 1. The van der Waals surface area contributed by atoms with Gasteiger partial charge in [-0.15, -0.1) is 0 Å². The number of hydrogen-bond donors (Lipinski definition) is 0. The summed E-state index contributed by atoms with van der Waals surface area (Å²) >= 11 is 0. The second-order valence-electron chi connectivity index (χ2n) is 8.04. The fourth-order valence-corrected chi connectivity index (χ4v) is 3.65. The van der Waals surface area contributed by atoms with Crippen molar-refractivity contribution in [1.29, 1.82) is 0 Å². The van der Waals surface area contributed by atoms with E-state index in [0.717, 1.165) is 5.56 Å². The van der Waals surface area contributed by atoms with Gasteiger partial charge in [-0.25, -0.2) is 9.97 Å². The molecule has 0 bridgehead atoms. The molecule has 1 aromatic carbocycles. The van der Waals surface area contributed by atoms with Gasteiger partial charge in [0.2, 0.25) is 11.8 Å². The number of carbonyl (C=O) groups excluding carboxylic acids is 1. The molecule has 0 radical (unpaired) electrons. The van der Waals surface area contributed by atoms with Gasteiger partial charge in [-0.3, -0.25) is 9.78 Å². The predicted molar refractivity (Wildman–Crippen MR) is 133 cm³/mol. The van der Waals surface area contributed by atoms with Gasteiger partial charge in [-0.2, -0.15) is 13.5 Å². The number of ether oxygens (including phenoxy) is 4. The van der Waals surface area contributed by atoms with Crippen molar-refractivity contribution >= 4 is 30.4 Å². The zero-order chi connectivity index (χ0) is 23.4. The van der Waals surface area contributed by atoms with Crippen LogP contribution in [0.2, 0.25) is 0 Å². The van der Waals surface area contributed by atoms with E-state index in [1.54, 1.807) is 31.3 Å². The Morgan fingerprint density at radius 1 is 1.21 bits per heavy atom. The highest BCUT2D eigenvalue weighted by Crippen LogP contribution is 2.34. The van der Waals surface area contributed by atoms with E-state index in [1.807, 2.05) is 38.1 Å². The fraction of sp³-hybridized carbons (Fsp3) is 0.417. The lowest BCUT2D eigenvalue weighted by molar-refractivity contribution is -0.137. The third kappa shape index (κ3) is 5.87. The van der Waals surface area contributed by atoms with Gasteiger partial charge >= 0.3 is 0 Å². The van der Waals surface area contributed by atoms with E-state index in [0.29, 0.717) is 53.8 Å². The van der Waals surface area contributed by atoms with Gasteiger partial charge in [0.25, 0.3) is 0 Å². The van der Waals surface area contributed by atoms with Crippen LogP contribution in [0.15, 0.2) is 36.7 Å². The fourth-order valence-electron chi connectivity index (χ4n) is 3.65. The molecule has 0 saturated carbocycles. The largest absolute Gasteiger partial charge is 0.493 e. The summed E-state index contributed by atoms with van der Waals surface area (Å²) in [6, 6.07) is 7.52. The van der Waals surface area contributed by atoms with Gasteiger partial charge in [0.1, 0.15) is 12.7 Å². The molecule has 1 atom stereocenters. The van der Waals surface area contributed by atoms with Crippen molar-refractivity contribution in [2.45, 2.75) is 33.0 Å². The summed E-state index contributed by atoms with van der Waals surface area (Å²) in [4.78, 5) is 27.0. The van der Waals surface area contributed by atoms with Crippen LogP contribution in [0.25, 0.3) is 22.3 Å². The van der Waals surface area contributed by atoms with Crippen LogP contribution in [0.3, 0.4) is 0 Å². The smallest absolute Gasteiger partial charge is 0.242 e. The highest BCUT2D eigenvalue weighted by Gasteiger charge is 2.23. The van der Waals surface area contributed by atoms with Crippen LogP contribution in [0.1, 0.15) is 20.8 Å².